The fraction of sp³-hybridized carbons (Fsp3) is 0.385. The van der Waals surface area contributed by atoms with Crippen LogP contribution in [0.3, 0.4) is 0 Å². The van der Waals surface area contributed by atoms with Crippen LogP contribution < -0.4 is 5.32 Å². The van der Waals surface area contributed by atoms with Gasteiger partial charge in [-0.3, -0.25) is 0 Å². The zero-order valence-electron chi connectivity index (χ0n) is 10.7. The molecule has 0 amide bonds. The number of nitrogens with one attached hydrogen (secondary N) is 1. The third kappa shape index (κ3) is 2.94. The van der Waals surface area contributed by atoms with Gasteiger partial charge in [0.2, 0.25) is 0 Å². The van der Waals surface area contributed by atoms with E-state index in [4.69, 9.17) is 5.11 Å². The minimum Gasteiger partial charge on any atom is -0.392 e. The van der Waals surface area contributed by atoms with E-state index >= 15 is 0 Å². The van der Waals surface area contributed by atoms with Gasteiger partial charge in [-0.1, -0.05) is 24.3 Å². The Hall–Kier alpha value is -1.72. The van der Waals surface area contributed by atoms with Crippen molar-refractivity contribution in [1.29, 1.82) is 0 Å². The number of nitrogens with zero attached hydrogens (tertiary/aromatic N) is 3. The zero-order valence-corrected chi connectivity index (χ0v) is 10.7. The predicted octanol–water partition coefficient (Wildman–Crippen LogP) is 0.906. The van der Waals surface area contributed by atoms with E-state index < -0.39 is 0 Å². The molecular formula is C13H18N4O. The van der Waals surface area contributed by atoms with Gasteiger partial charge in [-0.25, -0.2) is 0 Å². The molecule has 1 aromatic carbocycles. The molecule has 0 saturated carbocycles. The van der Waals surface area contributed by atoms with Crippen LogP contribution in [0.4, 0.5) is 0 Å². The molecule has 0 saturated heterocycles. The monoisotopic (exact) mass is 246 g/mol. The minimum atomic E-state index is 0.0797. The number of rotatable bonds is 5. The molecule has 0 aliphatic heterocycles. The van der Waals surface area contributed by atoms with E-state index in [1.165, 1.54) is 0 Å². The molecule has 0 unspecified atom stereocenters. The van der Waals surface area contributed by atoms with Crippen molar-refractivity contribution in [3.05, 3.63) is 47.0 Å². The highest BCUT2D eigenvalue weighted by molar-refractivity contribution is 5.22. The van der Waals surface area contributed by atoms with Crippen molar-refractivity contribution in [2.75, 3.05) is 0 Å². The van der Waals surface area contributed by atoms with Crippen molar-refractivity contribution in [3.8, 4) is 0 Å². The summed E-state index contributed by atoms with van der Waals surface area (Å²) in [6.07, 6.45) is 0. The van der Waals surface area contributed by atoms with Crippen LogP contribution in [-0.4, -0.2) is 19.9 Å². The molecule has 2 N–H and O–H groups in total. The van der Waals surface area contributed by atoms with Crippen LogP contribution in [0.5, 0.6) is 0 Å². The number of hydrogen-bond donors (Lipinski definition) is 2. The molecule has 1 heterocycles. The Bertz CT molecular complexity index is 521. The Kier molecular flexibility index (Phi) is 4.07. The molecule has 5 heteroatoms. The van der Waals surface area contributed by atoms with E-state index in [1.54, 1.807) is 0 Å². The first-order valence-electron chi connectivity index (χ1n) is 5.95. The van der Waals surface area contributed by atoms with Crippen molar-refractivity contribution < 1.29 is 5.11 Å². The summed E-state index contributed by atoms with van der Waals surface area (Å²) in [6, 6.07) is 7.90. The Morgan fingerprint density at radius 1 is 1.22 bits per heavy atom. The average molecular weight is 246 g/mol. The second kappa shape index (κ2) is 5.75. The van der Waals surface area contributed by atoms with Crippen LogP contribution in [0.15, 0.2) is 24.3 Å². The van der Waals surface area contributed by atoms with E-state index in [2.05, 4.69) is 15.5 Å². The Balaban J connectivity index is 1.90. The lowest BCUT2D eigenvalue weighted by Crippen LogP contribution is -2.16. The smallest absolute Gasteiger partial charge is 0.146 e. The van der Waals surface area contributed by atoms with Gasteiger partial charge < -0.3 is 15.0 Å². The molecular weight excluding hydrogens is 228 g/mol. The molecule has 2 rings (SSSR count). The molecule has 0 aliphatic rings. The first-order valence-corrected chi connectivity index (χ1v) is 5.95. The number of aromatic nitrogens is 3. The standard InChI is InChI=1S/C13H18N4O/c1-10-15-16-13(17(10)2)8-14-7-11-4-3-5-12(6-11)9-18/h3-6,14,18H,7-9H2,1-2H3. The van der Waals surface area contributed by atoms with E-state index in [1.807, 2.05) is 42.8 Å². The molecule has 1 aromatic heterocycles. The predicted molar refractivity (Wildman–Crippen MR) is 68.6 cm³/mol. The SMILES string of the molecule is Cc1nnc(CNCc2cccc(CO)c2)n1C. The molecule has 0 radical (unpaired) electrons. The second-order valence-electron chi connectivity index (χ2n) is 4.30. The summed E-state index contributed by atoms with van der Waals surface area (Å²) in [5.74, 6) is 1.83. The molecule has 0 aliphatic carbocycles. The van der Waals surface area contributed by atoms with E-state index in [0.29, 0.717) is 6.54 Å². The van der Waals surface area contributed by atoms with Crippen molar-refractivity contribution in [2.45, 2.75) is 26.6 Å². The van der Waals surface area contributed by atoms with E-state index in [-0.39, 0.29) is 6.61 Å². The van der Waals surface area contributed by atoms with Crippen LogP contribution in [0.2, 0.25) is 0 Å². The maximum absolute atomic E-state index is 9.06. The molecule has 96 valence electrons. The van der Waals surface area contributed by atoms with Crippen LogP contribution >= 0.6 is 0 Å². The third-order valence-electron chi connectivity index (χ3n) is 2.97. The minimum absolute atomic E-state index is 0.0797. The summed E-state index contributed by atoms with van der Waals surface area (Å²) in [5.41, 5.74) is 2.09. The Morgan fingerprint density at radius 2 is 2.00 bits per heavy atom. The number of benzene rings is 1. The zero-order chi connectivity index (χ0) is 13.0. The summed E-state index contributed by atoms with van der Waals surface area (Å²) in [4.78, 5) is 0. The van der Waals surface area contributed by atoms with Gasteiger partial charge in [0.15, 0.2) is 0 Å². The highest BCUT2D eigenvalue weighted by atomic mass is 16.3. The van der Waals surface area contributed by atoms with Gasteiger partial charge in [0.05, 0.1) is 13.2 Å². The van der Waals surface area contributed by atoms with Crippen molar-refractivity contribution in [2.24, 2.45) is 7.05 Å². The largest absolute Gasteiger partial charge is 0.392 e. The molecule has 0 spiro atoms. The summed E-state index contributed by atoms with van der Waals surface area (Å²) in [5, 5.41) is 20.5. The van der Waals surface area contributed by atoms with Gasteiger partial charge in [-0.2, -0.15) is 0 Å². The fourth-order valence-corrected chi connectivity index (χ4v) is 1.76. The molecule has 2 aromatic rings. The van der Waals surface area contributed by atoms with Crippen LogP contribution in [0.25, 0.3) is 0 Å². The number of aliphatic hydroxyl groups excluding tert-OH is 1. The molecule has 0 bridgehead atoms. The van der Waals surface area contributed by atoms with Crippen LogP contribution in [0.1, 0.15) is 22.8 Å². The third-order valence-corrected chi connectivity index (χ3v) is 2.97. The van der Waals surface area contributed by atoms with Crippen molar-refractivity contribution in [1.82, 2.24) is 20.1 Å². The lowest BCUT2D eigenvalue weighted by molar-refractivity contribution is 0.281. The molecule has 5 nitrogen and oxygen atoms in total. The molecule has 18 heavy (non-hydrogen) atoms. The number of aliphatic hydroxyl groups is 1. The first-order chi connectivity index (χ1) is 8.70. The summed E-state index contributed by atoms with van der Waals surface area (Å²) >= 11 is 0. The molecule has 0 atom stereocenters. The topological polar surface area (TPSA) is 63.0 Å². The van der Waals surface area contributed by atoms with Gasteiger partial charge in [0.25, 0.3) is 0 Å². The van der Waals surface area contributed by atoms with Gasteiger partial charge in [-0.05, 0) is 18.1 Å². The van der Waals surface area contributed by atoms with Crippen LogP contribution in [-0.2, 0) is 26.7 Å². The normalized spacial score (nSPS) is 10.8. The van der Waals surface area contributed by atoms with Crippen LogP contribution in [0, 0.1) is 6.92 Å². The van der Waals surface area contributed by atoms with E-state index in [0.717, 1.165) is 29.3 Å². The number of hydrogen-bond acceptors (Lipinski definition) is 4. The van der Waals surface area contributed by atoms with Crippen molar-refractivity contribution in [3.63, 3.8) is 0 Å². The Morgan fingerprint density at radius 3 is 2.67 bits per heavy atom. The van der Waals surface area contributed by atoms with E-state index in [9.17, 15) is 0 Å². The first kappa shape index (κ1) is 12.7. The highest BCUT2D eigenvalue weighted by Gasteiger charge is 2.03. The Labute approximate surface area is 106 Å². The van der Waals surface area contributed by atoms with Crippen molar-refractivity contribution >= 4 is 0 Å². The summed E-state index contributed by atoms with van der Waals surface area (Å²) in [7, 11) is 1.96. The van der Waals surface area contributed by atoms with Gasteiger partial charge in [0, 0.05) is 13.6 Å². The maximum atomic E-state index is 9.06. The summed E-state index contributed by atoms with van der Waals surface area (Å²) < 4.78 is 1.97. The van der Waals surface area contributed by atoms with Gasteiger partial charge >= 0.3 is 0 Å². The number of aryl methyl sites for hydroxylation is 1. The summed E-state index contributed by atoms with van der Waals surface area (Å²) in [6.45, 7) is 3.44. The molecule has 0 fully saturated rings. The van der Waals surface area contributed by atoms with Gasteiger partial charge in [0.1, 0.15) is 11.6 Å². The highest BCUT2D eigenvalue weighted by Crippen LogP contribution is 2.05. The average Bonchev–Trinajstić information content (AvgIpc) is 2.71. The lowest BCUT2D eigenvalue weighted by Gasteiger charge is -2.06. The maximum Gasteiger partial charge on any atom is 0.146 e. The second-order valence-corrected chi connectivity index (χ2v) is 4.30. The fourth-order valence-electron chi connectivity index (χ4n) is 1.76. The quantitative estimate of drug-likeness (QED) is 0.823. The van der Waals surface area contributed by atoms with Gasteiger partial charge in [-0.15, -0.1) is 10.2 Å². The lowest BCUT2D eigenvalue weighted by atomic mass is 10.1.